The maximum atomic E-state index is 15.8. The molecular formula is C26H31BF2N8S2. The normalized spacial score (nSPS) is 16.5. The largest absolute Gasteiger partial charge is 0.737 e. The van der Waals surface area contributed by atoms with Gasteiger partial charge in [0.25, 0.3) is 0 Å². The molecule has 4 rings (SSSR count). The SMILES string of the molecule is CNC(=S)N/N=C(C)/C(C)=N/NC(=S)Nc1ccc(C2=C3C(C)=CC(C)=[N+]3[B-](F)(F)n3c(C)cc(C)c32)cc1. The second-order valence-electron chi connectivity index (χ2n) is 9.57. The van der Waals surface area contributed by atoms with Gasteiger partial charge in [0.1, 0.15) is 5.71 Å². The molecule has 2 aliphatic heterocycles. The van der Waals surface area contributed by atoms with E-state index < -0.39 is 6.97 Å². The van der Waals surface area contributed by atoms with E-state index in [1.165, 1.54) is 8.96 Å². The topological polar surface area (TPSA) is 80.8 Å². The first-order valence-electron chi connectivity index (χ1n) is 12.4. The summed E-state index contributed by atoms with van der Waals surface area (Å²) < 4.78 is 34.0. The minimum atomic E-state index is -4.01. The Morgan fingerprint density at radius 1 is 0.949 bits per heavy atom. The van der Waals surface area contributed by atoms with Gasteiger partial charge in [-0.15, -0.1) is 0 Å². The molecule has 0 amide bonds. The van der Waals surface area contributed by atoms with Crippen molar-refractivity contribution in [2.75, 3.05) is 12.4 Å². The van der Waals surface area contributed by atoms with Crippen LogP contribution >= 0.6 is 24.4 Å². The van der Waals surface area contributed by atoms with Crippen molar-refractivity contribution in [3.8, 4) is 0 Å². The average Bonchev–Trinajstić information content (AvgIpc) is 3.36. The van der Waals surface area contributed by atoms with E-state index in [2.05, 4.69) is 31.7 Å². The highest BCUT2D eigenvalue weighted by Crippen LogP contribution is 2.44. The van der Waals surface area contributed by atoms with Gasteiger partial charge < -0.3 is 28.2 Å². The van der Waals surface area contributed by atoms with Crippen molar-refractivity contribution >= 4 is 70.0 Å². The number of hydrogen-bond donors (Lipinski definition) is 4. The summed E-state index contributed by atoms with van der Waals surface area (Å²) in [6.07, 6.45) is 1.82. The van der Waals surface area contributed by atoms with Crippen molar-refractivity contribution < 1.29 is 13.1 Å². The summed E-state index contributed by atoms with van der Waals surface area (Å²) in [5.74, 6) is 0. The molecule has 0 unspecified atom stereocenters. The molecular weight excluding hydrogens is 537 g/mol. The molecule has 3 heterocycles. The molecule has 8 nitrogen and oxygen atoms in total. The van der Waals surface area contributed by atoms with E-state index in [4.69, 9.17) is 24.4 Å². The van der Waals surface area contributed by atoms with Gasteiger partial charge in [-0.05, 0) is 94.1 Å². The molecule has 0 fully saturated rings. The van der Waals surface area contributed by atoms with E-state index in [9.17, 15) is 0 Å². The molecule has 2 aliphatic rings. The van der Waals surface area contributed by atoms with Crippen LogP contribution in [-0.4, -0.2) is 50.3 Å². The van der Waals surface area contributed by atoms with E-state index in [0.717, 1.165) is 28.0 Å². The van der Waals surface area contributed by atoms with Crippen molar-refractivity contribution in [1.29, 1.82) is 0 Å². The lowest BCUT2D eigenvalue weighted by molar-refractivity contribution is -0.363. The highest BCUT2D eigenvalue weighted by atomic mass is 32.1. The van der Waals surface area contributed by atoms with Gasteiger partial charge in [0.2, 0.25) is 0 Å². The van der Waals surface area contributed by atoms with Crippen molar-refractivity contribution in [3.63, 3.8) is 0 Å². The Kier molecular flexibility index (Phi) is 7.85. The summed E-state index contributed by atoms with van der Waals surface area (Å²) in [5, 5.41) is 15.0. The molecule has 0 spiro atoms. The number of anilines is 1. The Hall–Kier alpha value is -3.71. The summed E-state index contributed by atoms with van der Waals surface area (Å²) in [6.45, 7) is 6.79. The van der Waals surface area contributed by atoms with Gasteiger partial charge >= 0.3 is 6.97 Å². The highest BCUT2D eigenvalue weighted by molar-refractivity contribution is 7.80. The summed E-state index contributed by atoms with van der Waals surface area (Å²) >= 11 is 10.4. The summed E-state index contributed by atoms with van der Waals surface area (Å²) in [7, 11) is 1.70. The van der Waals surface area contributed by atoms with Crippen LogP contribution in [0.2, 0.25) is 0 Å². The number of thiocarbonyl (C=S) groups is 2. The first kappa shape index (κ1) is 28.3. The molecule has 39 heavy (non-hydrogen) atoms. The number of fused-ring (bicyclic) bond motifs is 2. The van der Waals surface area contributed by atoms with Crippen LogP contribution in [0.25, 0.3) is 5.57 Å². The Morgan fingerprint density at radius 2 is 1.54 bits per heavy atom. The molecule has 0 atom stereocenters. The molecule has 204 valence electrons. The smallest absolute Gasteiger partial charge is 0.393 e. The first-order valence-corrected chi connectivity index (χ1v) is 13.2. The number of nitrogens with zero attached hydrogens (tertiary/aromatic N) is 4. The third-order valence-electron chi connectivity index (χ3n) is 6.77. The van der Waals surface area contributed by atoms with Gasteiger partial charge in [-0.25, -0.2) is 0 Å². The summed E-state index contributed by atoms with van der Waals surface area (Å²) in [4.78, 5) is 0. The minimum Gasteiger partial charge on any atom is -0.393 e. The highest BCUT2D eigenvalue weighted by Gasteiger charge is 2.55. The molecule has 0 bridgehead atoms. The van der Waals surface area contributed by atoms with Crippen molar-refractivity contribution in [1.82, 2.24) is 20.6 Å². The van der Waals surface area contributed by atoms with Gasteiger partial charge in [-0.1, -0.05) is 12.1 Å². The third-order valence-corrected chi connectivity index (χ3v) is 7.26. The molecule has 2 aromatic rings. The second-order valence-corrected chi connectivity index (χ2v) is 10.4. The van der Waals surface area contributed by atoms with Crippen molar-refractivity contribution in [3.05, 3.63) is 70.2 Å². The van der Waals surface area contributed by atoms with E-state index in [0.29, 0.717) is 44.4 Å². The van der Waals surface area contributed by atoms with Crippen LogP contribution in [0.1, 0.15) is 50.2 Å². The Bertz CT molecular complexity index is 1530. The number of aromatic nitrogens is 1. The summed E-state index contributed by atoms with van der Waals surface area (Å²) in [6, 6.07) is 9.38. The monoisotopic (exact) mass is 568 g/mol. The molecule has 1 aromatic carbocycles. The van der Waals surface area contributed by atoms with Gasteiger partial charge in [-0.3, -0.25) is 10.9 Å². The second kappa shape index (κ2) is 10.8. The number of hydrogen-bond acceptors (Lipinski definition) is 4. The molecule has 0 aliphatic carbocycles. The van der Waals surface area contributed by atoms with Gasteiger partial charge in [0, 0.05) is 37.0 Å². The number of halogens is 2. The van der Waals surface area contributed by atoms with Crippen LogP contribution in [0.5, 0.6) is 0 Å². The number of rotatable bonds is 5. The average molecular weight is 569 g/mol. The van der Waals surface area contributed by atoms with Crippen LogP contribution in [0.15, 0.2) is 57.9 Å². The van der Waals surface area contributed by atoms with Crippen LogP contribution in [0.3, 0.4) is 0 Å². The number of nitrogens with one attached hydrogen (secondary N) is 4. The van der Waals surface area contributed by atoms with Crippen LogP contribution in [0.4, 0.5) is 14.3 Å². The van der Waals surface area contributed by atoms with Gasteiger partial charge in [0.15, 0.2) is 15.9 Å². The Morgan fingerprint density at radius 3 is 2.13 bits per heavy atom. The maximum Gasteiger partial charge on any atom is 0.737 e. The fourth-order valence-corrected chi connectivity index (χ4v) is 5.15. The standard InChI is InChI=1S/C26H31BF2N8S2/c1-14-12-16(3)36-23(14)22(24-15(2)13-17(4)37(24)27(36,28)29)20-8-10-21(11-9-20)31-26(39)35-33-19(6)18(5)32-34-25(38)30-7/h8-13H,1-7H3,(H2,30,34,38)(H2,31,35,39)/b32-18+,33-19+. The lowest BCUT2D eigenvalue weighted by Crippen LogP contribution is -2.51. The quantitative estimate of drug-likeness (QED) is 0.182. The van der Waals surface area contributed by atoms with Crippen LogP contribution < -0.4 is 21.5 Å². The molecule has 1 aromatic heterocycles. The minimum absolute atomic E-state index is 0.293. The molecule has 4 N–H and O–H groups in total. The fraction of sp³-hybridized carbons (Fsp3) is 0.269. The number of benzene rings is 1. The van der Waals surface area contributed by atoms with Gasteiger partial charge in [-0.2, -0.15) is 10.2 Å². The van der Waals surface area contributed by atoms with E-state index >= 15 is 8.63 Å². The van der Waals surface area contributed by atoms with E-state index in [1.54, 1.807) is 34.7 Å². The number of aryl methyl sites for hydroxylation is 2. The van der Waals surface area contributed by atoms with Crippen LogP contribution in [-0.2, 0) is 0 Å². The fourth-order valence-electron chi connectivity index (χ4n) is 4.94. The van der Waals surface area contributed by atoms with E-state index in [1.807, 2.05) is 50.3 Å². The van der Waals surface area contributed by atoms with E-state index in [-0.39, 0.29) is 0 Å². The predicted octanol–water partition coefficient (Wildman–Crippen LogP) is 4.67. The first-order chi connectivity index (χ1) is 18.4. The zero-order chi connectivity index (χ0) is 28.6. The lowest BCUT2D eigenvalue weighted by atomic mass is 9.84. The Labute approximate surface area is 237 Å². The Balaban J connectivity index is 1.59. The van der Waals surface area contributed by atoms with Crippen LogP contribution in [0, 0.1) is 13.8 Å². The molecule has 0 radical (unpaired) electrons. The van der Waals surface area contributed by atoms with Crippen molar-refractivity contribution in [2.45, 2.75) is 41.5 Å². The lowest BCUT2D eigenvalue weighted by Gasteiger charge is -2.34. The summed E-state index contributed by atoms with van der Waals surface area (Å²) in [5.41, 5.74) is 12.9. The molecule has 13 heteroatoms. The van der Waals surface area contributed by atoms with Crippen molar-refractivity contribution in [2.24, 2.45) is 10.2 Å². The van der Waals surface area contributed by atoms with Gasteiger partial charge in [0.05, 0.1) is 17.0 Å². The molecule has 0 saturated heterocycles. The molecule has 0 saturated carbocycles. The maximum absolute atomic E-state index is 15.8. The zero-order valence-corrected chi connectivity index (χ0v) is 24.5. The number of hydrazone groups is 2. The predicted molar refractivity (Wildman–Crippen MR) is 165 cm³/mol. The number of allylic oxidation sites excluding steroid dienone is 2. The zero-order valence-electron chi connectivity index (χ0n) is 22.9. The third kappa shape index (κ3) is 5.28.